The van der Waals surface area contributed by atoms with Crippen molar-refractivity contribution < 1.29 is 14.6 Å². The van der Waals surface area contributed by atoms with Gasteiger partial charge in [-0.2, -0.15) is 9.97 Å². The van der Waals surface area contributed by atoms with Gasteiger partial charge in [0.05, 0.1) is 26.4 Å². The number of nitrogens with zero attached hydrogens (tertiary/aromatic N) is 3. The van der Waals surface area contributed by atoms with Gasteiger partial charge in [0.25, 0.3) is 0 Å². The second-order valence-corrected chi connectivity index (χ2v) is 3.97. The predicted octanol–water partition coefficient (Wildman–Crippen LogP) is 0.455. The average molecular weight is 239 g/mol. The van der Waals surface area contributed by atoms with Crippen molar-refractivity contribution in [3.63, 3.8) is 0 Å². The molecule has 0 unspecified atom stereocenters. The number of rotatable bonds is 3. The Labute approximate surface area is 100 Å². The summed E-state index contributed by atoms with van der Waals surface area (Å²) in [6, 6.07) is 1.64. The minimum atomic E-state index is -0.209. The molecule has 1 fully saturated rings. The molecular formula is C11H17N3O3. The summed E-state index contributed by atoms with van der Waals surface area (Å²) in [6.07, 6.45) is 1.27. The molecule has 0 saturated carbocycles. The first kappa shape index (κ1) is 11.9. The molecule has 1 aliphatic heterocycles. The second kappa shape index (κ2) is 5.18. The lowest BCUT2D eigenvalue weighted by Crippen LogP contribution is -2.36. The van der Waals surface area contributed by atoms with Crippen LogP contribution in [-0.4, -0.2) is 48.5 Å². The summed E-state index contributed by atoms with van der Waals surface area (Å²) in [4.78, 5) is 10.6. The van der Waals surface area contributed by atoms with Crippen LogP contribution in [-0.2, 0) is 0 Å². The van der Waals surface area contributed by atoms with Gasteiger partial charge in [-0.3, -0.25) is 0 Å². The highest BCUT2D eigenvalue weighted by molar-refractivity contribution is 5.37. The monoisotopic (exact) mass is 239 g/mol. The summed E-state index contributed by atoms with van der Waals surface area (Å²) in [5, 5.41) is 9.46. The lowest BCUT2D eigenvalue weighted by molar-refractivity contribution is 0.145. The third-order valence-electron chi connectivity index (χ3n) is 2.83. The molecule has 1 saturated heterocycles. The molecule has 1 aromatic rings. The summed E-state index contributed by atoms with van der Waals surface area (Å²) in [5.74, 6) is 1.56. The van der Waals surface area contributed by atoms with Crippen LogP contribution in [0.3, 0.4) is 0 Å². The third-order valence-corrected chi connectivity index (χ3v) is 2.83. The molecule has 94 valence electrons. The molecule has 0 bridgehead atoms. The number of aliphatic hydroxyl groups excluding tert-OH is 1. The third kappa shape index (κ3) is 2.76. The first-order valence-corrected chi connectivity index (χ1v) is 5.63. The Morgan fingerprint density at radius 3 is 2.18 bits per heavy atom. The van der Waals surface area contributed by atoms with Crippen LogP contribution in [0.2, 0.25) is 0 Å². The highest BCUT2D eigenvalue weighted by atomic mass is 16.5. The molecule has 17 heavy (non-hydrogen) atoms. The zero-order valence-corrected chi connectivity index (χ0v) is 10.1. The normalized spacial score (nSPS) is 17.0. The standard InChI is InChI=1S/C11H17N3O3/c1-16-9-7-10(17-2)13-11(12-9)14-5-3-8(15)4-6-14/h7-8,15H,3-6H2,1-2H3. The van der Waals surface area contributed by atoms with Crippen LogP contribution in [0.1, 0.15) is 12.8 Å². The molecule has 6 nitrogen and oxygen atoms in total. The smallest absolute Gasteiger partial charge is 0.231 e. The SMILES string of the molecule is COc1cc(OC)nc(N2CCC(O)CC2)n1. The summed E-state index contributed by atoms with van der Waals surface area (Å²) in [6.45, 7) is 1.50. The number of piperidine rings is 1. The van der Waals surface area contributed by atoms with Crippen LogP contribution < -0.4 is 14.4 Å². The maximum absolute atomic E-state index is 9.46. The van der Waals surface area contributed by atoms with E-state index in [1.165, 1.54) is 0 Å². The Bertz CT molecular complexity index is 356. The van der Waals surface area contributed by atoms with Gasteiger partial charge in [-0.1, -0.05) is 0 Å². The van der Waals surface area contributed by atoms with Crippen molar-refractivity contribution in [3.8, 4) is 11.8 Å². The second-order valence-electron chi connectivity index (χ2n) is 3.97. The van der Waals surface area contributed by atoms with E-state index in [0.717, 1.165) is 25.9 Å². The van der Waals surface area contributed by atoms with Gasteiger partial charge in [0.15, 0.2) is 0 Å². The van der Waals surface area contributed by atoms with E-state index >= 15 is 0 Å². The first-order valence-electron chi connectivity index (χ1n) is 5.63. The van der Waals surface area contributed by atoms with Gasteiger partial charge in [0, 0.05) is 13.1 Å². The van der Waals surface area contributed by atoms with Crippen molar-refractivity contribution in [3.05, 3.63) is 6.07 Å². The van der Waals surface area contributed by atoms with Gasteiger partial charge in [-0.25, -0.2) is 0 Å². The van der Waals surface area contributed by atoms with Crippen LogP contribution in [0.15, 0.2) is 6.07 Å². The molecule has 1 N–H and O–H groups in total. The lowest BCUT2D eigenvalue weighted by atomic mass is 10.1. The highest BCUT2D eigenvalue weighted by Gasteiger charge is 2.20. The van der Waals surface area contributed by atoms with Crippen LogP contribution in [0.25, 0.3) is 0 Å². The number of methoxy groups -OCH3 is 2. The molecule has 0 amide bonds. The molecule has 1 aromatic heterocycles. The minimum Gasteiger partial charge on any atom is -0.481 e. The van der Waals surface area contributed by atoms with Crippen LogP contribution in [0, 0.1) is 0 Å². The highest BCUT2D eigenvalue weighted by Crippen LogP contribution is 2.22. The summed E-state index contributed by atoms with van der Waals surface area (Å²) < 4.78 is 10.2. The maximum Gasteiger partial charge on any atom is 0.231 e. The number of ether oxygens (including phenoxy) is 2. The molecular weight excluding hydrogens is 222 g/mol. The Morgan fingerprint density at radius 1 is 1.18 bits per heavy atom. The van der Waals surface area contributed by atoms with E-state index in [0.29, 0.717) is 17.7 Å². The molecule has 2 rings (SSSR count). The first-order chi connectivity index (χ1) is 8.22. The number of anilines is 1. The van der Waals surface area contributed by atoms with E-state index in [1.807, 2.05) is 4.90 Å². The van der Waals surface area contributed by atoms with Crippen molar-refractivity contribution in [2.24, 2.45) is 0 Å². The molecule has 0 aromatic carbocycles. The number of aromatic nitrogens is 2. The minimum absolute atomic E-state index is 0.209. The Hall–Kier alpha value is -1.56. The van der Waals surface area contributed by atoms with E-state index in [9.17, 15) is 5.11 Å². The average Bonchev–Trinajstić information content (AvgIpc) is 2.39. The van der Waals surface area contributed by atoms with E-state index in [1.54, 1.807) is 20.3 Å². The maximum atomic E-state index is 9.46. The van der Waals surface area contributed by atoms with Gasteiger partial charge < -0.3 is 19.5 Å². The Morgan fingerprint density at radius 2 is 1.71 bits per heavy atom. The Kier molecular flexibility index (Phi) is 3.63. The van der Waals surface area contributed by atoms with Crippen molar-refractivity contribution in [2.45, 2.75) is 18.9 Å². The zero-order valence-electron chi connectivity index (χ0n) is 10.1. The van der Waals surface area contributed by atoms with Gasteiger partial charge >= 0.3 is 0 Å². The molecule has 6 heteroatoms. The molecule has 0 atom stereocenters. The van der Waals surface area contributed by atoms with Gasteiger partial charge in [0.2, 0.25) is 17.7 Å². The number of aliphatic hydroxyl groups is 1. The van der Waals surface area contributed by atoms with Gasteiger partial charge in [-0.05, 0) is 12.8 Å². The fourth-order valence-corrected chi connectivity index (χ4v) is 1.81. The van der Waals surface area contributed by atoms with E-state index in [-0.39, 0.29) is 6.10 Å². The molecule has 2 heterocycles. The van der Waals surface area contributed by atoms with Crippen molar-refractivity contribution in [2.75, 3.05) is 32.2 Å². The van der Waals surface area contributed by atoms with Crippen molar-refractivity contribution in [1.29, 1.82) is 0 Å². The zero-order chi connectivity index (χ0) is 12.3. The fraction of sp³-hybridized carbons (Fsp3) is 0.636. The Balaban J connectivity index is 2.19. The van der Waals surface area contributed by atoms with Crippen LogP contribution in [0.4, 0.5) is 5.95 Å². The molecule has 0 aliphatic carbocycles. The van der Waals surface area contributed by atoms with E-state index in [4.69, 9.17) is 9.47 Å². The van der Waals surface area contributed by atoms with Gasteiger partial charge in [-0.15, -0.1) is 0 Å². The number of hydrogen-bond acceptors (Lipinski definition) is 6. The molecule has 1 aliphatic rings. The van der Waals surface area contributed by atoms with Crippen LogP contribution in [0.5, 0.6) is 11.8 Å². The summed E-state index contributed by atoms with van der Waals surface area (Å²) in [7, 11) is 3.12. The fourth-order valence-electron chi connectivity index (χ4n) is 1.81. The molecule has 0 radical (unpaired) electrons. The predicted molar refractivity (Wildman–Crippen MR) is 62.6 cm³/mol. The number of hydrogen-bond donors (Lipinski definition) is 1. The lowest BCUT2D eigenvalue weighted by Gasteiger charge is -2.29. The largest absolute Gasteiger partial charge is 0.481 e. The van der Waals surface area contributed by atoms with Crippen molar-refractivity contribution >= 4 is 5.95 Å². The van der Waals surface area contributed by atoms with Crippen molar-refractivity contribution in [1.82, 2.24) is 9.97 Å². The quantitative estimate of drug-likeness (QED) is 0.826. The summed E-state index contributed by atoms with van der Waals surface area (Å²) in [5.41, 5.74) is 0. The molecule has 0 spiro atoms. The van der Waals surface area contributed by atoms with Gasteiger partial charge in [0.1, 0.15) is 0 Å². The van der Waals surface area contributed by atoms with E-state index < -0.39 is 0 Å². The van der Waals surface area contributed by atoms with Crippen LogP contribution >= 0.6 is 0 Å². The topological polar surface area (TPSA) is 67.7 Å². The summed E-state index contributed by atoms with van der Waals surface area (Å²) >= 11 is 0. The van der Waals surface area contributed by atoms with E-state index in [2.05, 4.69) is 9.97 Å².